The molecule has 1 atom stereocenters. The summed E-state index contributed by atoms with van der Waals surface area (Å²) in [5, 5.41) is 7.37. The van der Waals surface area contributed by atoms with Crippen molar-refractivity contribution in [2.24, 2.45) is 15.7 Å². The predicted octanol–water partition coefficient (Wildman–Crippen LogP) is 2.49. The van der Waals surface area contributed by atoms with E-state index in [0.29, 0.717) is 29.6 Å². The number of likely N-dealkylation sites (tertiary alicyclic amines) is 1. The number of nitrogens with two attached hydrogens (primary N) is 1. The third-order valence-electron chi connectivity index (χ3n) is 4.73. The number of aromatic nitrogens is 3. The van der Waals surface area contributed by atoms with Crippen LogP contribution in [0.4, 0.5) is 5.82 Å². The van der Waals surface area contributed by atoms with Gasteiger partial charge in [0.1, 0.15) is 0 Å². The van der Waals surface area contributed by atoms with E-state index in [4.69, 9.17) is 5.73 Å². The van der Waals surface area contributed by atoms with Gasteiger partial charge in [-0.05, 0) is 44.7 Å². The lowest BCUT2D eigenvalue weighted by atomic mass is 10.2. The van der Waals surface area contributed by atoms with Crippen LogP contribution in [0.1, 0.15) is 49.9 Å². The fraction of sp³-hybridized carbons (Fsp3) is 0.471. The molecule has 2 aromatic rings. The molecule has 1 saturated carbocycles. The van der Waals surface area contributed by atoms with Gasteiger partial charge in [-0.1, -0.05) is 0 Å². The van der Waals surface area contributed by atoms with Crippen molar-refractivity contribution in [3.8, 4) is 0 Å². The summed E-state index contributed by atoms with van der Waals surface area (Å²) >= 11 is 0. The number of hydrogen-bond donors (Lipinski definition) is 3. The van der Waals surface area contributed by atoms with Crippen molar-refractivity contribution in [1.29, 1.82) is 0 Å². The summed E-state index contributed by atoms with van der Waals surface area (Å²) in [5.74, 6) is 2.35. The van der Waals surface area contributed by atoms with Gasteiger partial charge >= 0.3 is 0 Å². The molecule has 3 heterocycles. The van der Waals surface area contributed by atoms with Gasteiger partial charge < -0.3 is 15.6 Å². The molecular weight excluding hydrogens is 302 g/mol. The second kappa shape index (κ2) is 6.14. The van der Waals surface area contributed by atoms with Crippen LogP contribution in [0.25, 0.3) is 0 Å². The number of hydrogen-bond acceptors (Lipinski definition) is 2. The minimum Gasteiger partial charge on any atom is -0.369 e. The highest BCUT2D eigenvalue weighted by Crippen LogP contribution is 2.39. The predicted molar refractivity (Wildman–Crippen MR) is 94.6 cm³/mol. The van der Waals surface area contributed by atoms with Gasteiger partial charge in [-0.2, -0.15) is 10.1 Å². The fourth-order valence-electron chi connectivity index (χ4n) is 3.16. The van der Waals surface area contributed by atoms with E-state index in [-0.39, 0.29) is 0 Å². The summed E-state index contributed by atoms with van der Waals surface area (Å²) in [6.45, 7) is 3.12. The normalized spacial score (nSPS) is 22.4. The Bertz CT molecular complexity index is 752. The first kappa shape index (κ1) is 15.0. The summed E-state index contributed by atoms with van der Waals surface area (Å²) in [7, 11) is 0. The molecule has 1 aliphatic carbocycles. The van der Waals surface area contributed by atoms with E-state index in [1.807, 2.05) is 24.4 Å². The topological polar surface area (TPSA) is 98.4 Å². The summed E-state index contributed by atoms with van der Waals surface area (Å²) in [6.07, 6.45) is 6.61. The third-order valence-corrected chi connectivity index (χ3v) is 4.73. The van der Waals surface area contributed by atoms with Crippen molar-refractivity contribution < 1.29 is 0 Å². The number of aliphatic imine (C=N–C) groups is 2. The van der Waals surface area contributed by atoms with Gasteiger partial charge in [0.15, 0.2) is 17.6 Å². The largest absolute Gasteiger partial charge is 0.369 e. The van der Waals surface area contributed by atoms with E-state index in [0.717, 1.165) is 30.8 Å². The maximum absolute atomic E-state index is 6.25. The molecule has 0 spiro atoms. The molecule has 7 heteroatoms. The van der Waals surface area contributed by atoms with Crippen molar-refractivity contribution in [1.82, 2.24) is 20.1 Å². The fourth-order valence-corrected chi connectivity index (χ4v) is 3.16. The number of H-pyrrole nitrogens is 2. The first-order valence-corrected chi connectivity index (χ1v) is 8.59. The Morgan fingerprint density at radius 2 is 2.25 bits per heavy atom. The van der Waals surface area contributed by atoms with E-state index in [1.54, 1.807) is 0 Å². The van der Waals surface area contributed by atoms with Crippen molar-refractivity contribution in [2.45, 2.75) is 44.6 Å². The van der Waals surface area contributed by atoms with Crippen molar-refractivity contribution >= 4 is 17.6 Å². The van der Waals surface area contributed by atoms with Crippen molar-refractivity contribution in [2.75, 3.05) is 6.54 Å². The molecule has 24 heavy (non-hydrogen) atoms. The van der Waals surface area contributed by atoms with Gasteiger partial charge in [0, 0.05) is 36.5 Å². The summed E-state index contributed by atoms with van der Waals surface area (Å²) < 4.78 is 0. The van der Waals surface area contributed by atoms with Gasteiger partial charge in [0.25, 0.3) is 0 Å². The quantitative estimate of drug-likeness (QED) is 0.597. The van der Waals surface area contributed by atoms with Crippen LogP contribution in [0.3, 0.4) is 0 Å². The molecule has 2 fully saturated rings. The first-order valence-electron chi connectivity index (χ1n) is 8.59. The van der Waals surface area contributed by atoms with E-state index < -0.39 is 0 Å². The average Bonchev–Trinajstić information content (AvgIpc) is 2.98. The lowest BCUT2D eigenvalue weighted by Gasteiger charge is -2.22. The number of amidine groups is 1. The monoisotopic (exact) mass is 325 g/mol. The van der Waals surface area contributed by atoms with Crippen LogP contribution in [0.2, 0.25) is 0 Å². The Kier molecular flexibility index (Phi) is 3.84. The summed E-state index contributed by atoms with van der Waals surface area (Å²) in [4.78, 5) is 14.5. The van der Waals surface area contributed by atoms with Crippen molar-refractivity contribution in [3.05, 3.63) is 35.8 Å². The van der Waals surface area contributed by atoms with Crippen molar-refractivity contribution in [3.63, 3.8) is 0 Å². The molecule has 2 aromatic heterocycles. The minimum absolute atomic E-state index is 0.422. The highest BCUT2D eigenvalue weighted by molar-refractivity contribution is 6.05. The van der Waals surface area contributed by atoms with Crippen LogP contribution in [-0.4, -0.2) is 44.5 Å². The molecule has 0 aromatic carbocycles. The molecule has 4 rings (SSSR count). The van der Waals surface area contributed by atoms with E-state index in [9.17, 15) is 0 Å². The zero-order valence-electron chi connectivity index (χ0n) is 13.9. The van der Waals surface area contributed by atoms with E-state index >= 15 is 0 Å². The van der Waals surface area contributed by atoms with Gasteiger partial charge in [-0.15, -0.1) is 0 Å². The van der Waals surface area contributed by atoms with E-state index in [2.05, 4.69) is 37.0 Å². The molecule has 1 aliphatic heterocycles. The lowest BCUT2D eigenvalue weighted by Crippen LogP contribution is -2.40. The third kappa shape index (κ3) is 3.06. The maximum atomic E-state index is 6.25. The number of guanidine groups is 1. The molecule has 7 nitrogen and oxygen atoms in total. The number of nitrogens with one attached hydrogen (secondary N) is 2. The molecule has 0 radical (unpaired) electrons. The average molecular weight is 325 g/mol. The molecule has 1 saturated heterocycles. The smallest absolute Gasteiger partial charge is 0.198 e. The van der Waals surface area contributed by atoms with Gasteiger partial charge in [-0.3, -0.25) is 5.10 Å². The Labute approximate surface area is 141 Å². The zero-order chi connectivity index (χ0) is 16.5. The first-order chi connectivity index (χ1) is 11.7. The SMILES string of the molecule is C[C@H]1CCCN1C(N)=NC(=Nc1cc(C2CC2)[nH]n1)c1ccc[nH]1. The van der Waals surface area contributed by atoms with Crippen LogP contribution < -0.4 is 5.73 Å². The standard InChI is InChI=1S/C17H23N7/c1-11-4-3-9-24(11)17(18)21-16(13-5-2-8-19-13)20-15-10-14(22-23-15)12-6-7-12/h2,5,8,10-12,19H,3-4,6-7,9H2,1H3,(H3,18,20,21,22,23)/t11-/m0/s1. The molecule has 126 valence electrons. The molecule has 0 bridgehead atoms. The van der Waals surface area contributed by atoms with Crippen LogP contribution >= 0.6 is 0 Å². The molecule has 4 N–H and O–H groups in total. The molecule has 2 aliphatic rings. The van der Waals surface area contributed by atoms with Crippen LogP contribution in [0.5, 0.6) is 0 Å². The Balaban J connectivity index is 1.64. The summed E-state index contributed by atoms with van der Waals surface area (Å²) in [5.41, 5.74) is 8.24. The highest BCUT2D eigenvalue weighted by atomic mass is 15.3. The zero-order valence-corrected chi connectivity index (χ0v) is 13.9. The second-order valence-electron chi connectivity index (χ2n) is 6.63. The number of nitrogens with zero attached hydrogens (tertiary/aromatic N) is 4. The van der Waals surface area contributed by atoms with Gasteiger partial charge in [0.05, 0.1) is 5.69 Å². The lowest BCUT2D eigenvalue weighted by molar-refractivity contribution is 0.411. The number of aromatic amines is 2. The van der Waals surface area contributed by atoms with Gasteiger partial charge in [0.2, 0.25) is 0 Å². The minimum atomic E-state index is 0.422. The van der Waals surface area contributed by atoms with E-state index in [1.165, 1.54) is 12.8 Å². The molecule has 0 amide bonds. The molecule has 0 unspecified atom stereocenters. The highest BCUT2D eigenvalue weighted by Gasteiger charge is 2.26. The Morgan fingerprint density at radius 1 is 1.38 bits per heavy atom. The Hall–Kier alpha value is -2.57. The Morgan fingerprint density at radius 3 is 2.92 bits per heavy atom. The second-order valence-corrected chi connectivity index (χ2v) is 6.63. The van der Waals surface area contributed by atoms with Gasteiger partial charge in [-0.25, -0.2) is 4.99 Å². The maximum Gasteiger partial charge on any atom is 0.198 e. The molecular formula is C17H23N7. The summed E-state index contributed by atoms with van der Waals surface area (Å²) in [6, 6.07) is 6.29. The van der Waals surface area contributed by atoms with Crippen LogP contribution in [0, 0.1) is 0 Å². The number of rotatable bonds is 3. The van der Waals surface area contributed by atoms with Crippen LogP contribution in [0.15, 0.2) is 34.4 Å². The van der Waals surface area contributed by atoms with Crippen LogP contribution in [-0.2, 0) is 0 Å².